The van der Waals surface area contributed by atoms with Crippen molar-refractivity contribution < 1.29 is 40.9 Å². The Bertz CT molecular complexity index is 1040. The summed E-state index contributed by atoms with van der Waals surface area (Å²) >= 11 is 0. The smallest absolute Gasteiger partial charge is 0.258 e. The van der Waals surface area contributed by atoms with E-state index in [0.29, 0.717) is 34.3 Å². The third-order valence-corrected chi connectivity index (χ3v) is 7.60. The van der Waals surface area contributed by atoms with Crippen LogP contribution in [0.1, 0.15) is 55.8 Å². The van der Waals surface area contributed by atoms with Crippen LogP contribution in [-0.2, 0) is 25.8 Å². The maximum absolute atomic E-state index is 13.3. The Morgan fingerprint density at radius 1 is 1.24 bits per heavy atom. The number of fused-ring (bicyclic) bond motifs is 3. The van der Waals surface area contributed by atoms with Crippen LogP contribution in [0.3, 0.4) is 0 Å². The van der Waals surface area contributed by atoms with Crippen molar-refractivity contribution in [3.8, 4) is 0 Å². The molecule has 1 unspecified atom stereocenters. The number of nitrogens with one attached hydrogen (secondary N) is 2. The average molecular weight is 682 g/mol. The molecule has 1 amide bonds. The summed E-state index contributed by atoms with van der Waals surface area (Å²) in [6.07, 6.45) is 8.60. The molecule has 1 aromatic heterocycles. The largest absolute Gasteiger partial charge is 0.374 e. The molecule has 10 nitrogen and oxygen atoms in total. The van der Waals surface area contributed by atoms with Crippen LogP contribution in [-0.4, -0.2) is 66.3 Å². The van der Waals surface area contributed by atoms with Crippen LogP contribution in [0.4, 0.5) is 23.1 Å². The first-order valence-electron chi connectivity index (χ1n) is 12.8. The molecule has 4 rings (SSSR count). The van der Waals surface area contributed by atoms with E-state index in [-0.39, 0.29) is 40.1 Å². The Kier molecular flexibility index (Phi) is 10.7. The standard InChI is InChI=1S/C26H38N6O4.W/c1-19-5-3-4-12-27-25-28-13-8-23(30-25)29-24(34)21-7-6-20(32(35)15-16-36-18-33)17-22(21)31(2)14-11-26(19)9-10-26;/h6-8,13,17,19,33,35H,3-5,9-12,14-16,18H2,1-2H3,(H2,27,28,29,30,34);. The molecule has 1 aliphatic carbocycles. The number of aromatic nitrogens is 2. The number of carbonyl (C=O) groups excluding carboxylic acids is 1. The minimum atomic E-state index is -0.401. The summed E-state index contributed by atoms with van der Waals surface area (Å²) in [7, 11) is 1.99. The van der Waals surface area contributed by atoms with Gasteiger partial charge in [-0.1, -0.05) is 19.8 Å². The summed E-state index contributed by atoms with van der Waals surface area (Å²) in [5.41, 5.74) is 2.14. The number of hydrogen-bond acceptors (Lipinski definition) is 9. The first-order chi connectivity index (χ1) is 17.4. The van der Waals surface area contributed by atoms with E-state index in [1.807, 2.05) is 13.1 Å². The van der Waals surface area contributed by atoms with Crippen molar-refractivity contribution in [2.24, 2.45) is 11.3 Å². The Morgan fingerprint density at radius 3 is 2.81 bits per heavy atom. The monoisotopic (exact) mass is 682 g/mol. The second kappa shape index (κ2) is 13.5. The van der Waals surface area contributed by atoms with Crippen molar-refractivity contribution in [2.75, 3.05) is 60.7 Å². The summed E-state index contributed by atoms with van der Waals surface area (Å²) in [4.78, 5) is 24.2. The predicted molar refractivity (Wildman–Crippen MR) is 140 cm³/mol. The van der Waals surface area contributed by atoms with Gasteiger partial charge in [0.2, 0.25) is 5.95 Å². The molecule has 1 atom stereocenters. The van der Waals surface area contributed by atoms with Crippen molar-refractivity contribution in [3.05, 3.63) is 36.0 Å². The van der Waals surface area contributed by atoms with Crippen molar-refractivity contribution in [3.63, 3.8) is 0 Å². The number of aliphatic hydroxyl groups is 1. The van der Waals surface area contributed by atoms with Gasteiger partial charge in [0, 0.05) is 47.4 Å². The average Bonchev–Trinajstić information content (AvgIpc) is 3.67. The maximum Gasteiger partial charge on any atom is 0.258 e. The molecule has 1 spiro atoms. The van der Waals surface area contributed by atoms with Gasteiger partial charge in [-0.05, 0) is 61.3 Å². The number of benzene rings is 1. The third-order valence-electron chi connectivity index (χ3n) is 7.60. The zero-order chi connectivity index (χ0) is 25.5. The number of hydroxylamine groups is 1. The van der Waals surface area contributed by atoms with Crippen molar-refractivity contribution in [2.45, 2.75) is 45.4 Å². The summed E-state index contributed by atoms with van der Waals surface area (Å²) in [6, 6.07) is 6.91. The van der Waals surface area contributed by atoms with Crippen LogP contribution in [0.5, 0.6) is 0 Å². The number of ether oxygens (including phenoxy) is 1. The quantitative estimate of drug-likeness (QED) is 0.213. The van der Waals surface area contributed by atoms with Gasteiger partial charge in [0.25, 0.3) is 5.91 Å². The SMILES string of the molecule is CC1CCCCNc2nccc(n2)NC(=O)c2ccc(N(O)CCOCO)cc2N(C)CCC12CC2.[W]. The van der Waals surface area contributed by atoms with E-state index in [4.69, 9.17) is 9.84 Å². The summed E-state index contributed by atoms with van der Waals surface area (Å²) in [5.74, 6) is 1.29. The van der Waals surface area contributed by atoms with E-state index in [2.05, 4.69) is 32.4 Å². The molecule has 1 fully saturated rings. The minimum Gasteiger partial charge on any atom is -0.374 e. The van der Waals surface area contributed by atoms with Crippen LogP contribution >= 0.6 is 0 Å². The summed E-state index contributed by atoms with van der Waals surface area (Å²) in [6.45, 7) is 3.94. The maximum atomic E-state index is 13.3. The Balaban J connectivity index is 0.00000380. The molecule has 0 radical (unpaired) electrons. The number of aliphatic hydroxyl groups excluding tert-OH is 1. The molecule has 1 aromatic carbocycles. The van der Waals surface area contributed by atoms with Gasteiger partial charge in [-0.2, -0.15) is 4.98 Å². The van der Waals surface area contributed by atoms with E-state index in [9.17, 15) is 10.0 Å². The van der Waals surface area contributed by atoms with Crippen molar-refractivity contribution in [1.29, 1.82) is 0 Å². The number of rotatable bonds is 5. The van der Waals surface area contributed by atoms with E-state index in [0.717, 1.165) is 43.1 Å². The van der Waals surface area contributed by atoms with E-state index in [1.54, 1.807) is 24.4 Å². The molecule has 1 saturated carbocycles. The molecule has 11 heteroatoms. The third kappa shape index (κ3) is 7.63. The summed E-state index contributed by atoms with van der Waals surface area (Å²) < 4.78 is 4.94. The molecule has 0 saturated heterocycles. The molecular weight excluding hydrogens is 644 g/mol. The molecule has 4 N–H and O–H groups in total. The number of hydrogen-bond donors (Lipinski definition) is 4. The van der Waals surface area contributed by atoms with Gasteiger partial charge in [-0.15, -0.1) is 0 Å². The Hall–Kier alpha value is -2.26. The van der Waals surface area contributed by atoms with Crippen LogP contribution in [0.25, 0.3) is 0 Å². The van der Waals surface area contributed by atoms with Gasteiger partial charge in [-0.3, -0.25) is 15.1 Å². The number of anilines is 4. The molecule has 2 aromatic rings. The van der Waals surface area contributed by atoms with Crippen LogP contribution in [0, 0.1) is 11.3 Å². The zero-order valence-corrected chi connectivity index (χ0v) is 24.6. The minimum absolute atomic E-state index is 0. The molecular formula is C26H38N6O4W. The second-order valence-corrected chi connectivity index (χ2v) is 9.94. The van der Waals surface area contributed by atoms with E-state index in [1.165, 1.54) is 19.3 Å². The van der Waals surface area contributed by atoms with Crippen molar-refractivity contribution >= 4 is 29.0 Å². The summed E-state index contributed by atoms with van der Waals surface area (Å²) in [5, 5.41) is 26.6. The van der Waals surface area contributed by atoms with E-state index < -0.39 is 6.79 Å². The topological polar surface area (TPSA) is 123 Å². The van der Waals surface area contributed by atoms with Gasteiger partial charge < -0.3 is 25.4 Å². The fraction of sp³-hybridized carbons (Fsp3) is 0.577. The van der Waals surface area contributed by atoms with Crippen LogP contribution in [0.15, 0.2) is 30.5 Å². The van der Waals surface area contributed by atoms with Crippen LogP contribution in [0.2, 0.25) is 0 Å². The normalized spacial score (nSPS) is 19.6. The fourth-order valence-corrected chi connectivity index (χ4v) is 4.97. The van der Waals surface area contributed by atoms with Gasteiger partial charge in [0.1, 0.15) is 12.6 Å². The van der Waals surface area contributed by atoms with Gasteiger partial charge in [-0.25, -0.2) is 4.98 Å². The molecule has 2 bridgehead atoms. The van der Waals surface area contributed by atoms with Gasteiger partial charge >= 0.3 is 0 Å². The van der Waals surface area contributed by atoms with Crippen molar-refractivity contribution in [1.82, 2.24) is 9.97 Å². The number of amides is 1. The Morgan fingerprint density at radius 2 is 2.05 bits per heavy atom. The Labute approximate surface area is 233 Å². The molecule has 37 heavy (non-hydrogen) atoms. The molecule has 2 aliphatic rings. The molecule has 202 valence electrons. The number of nitrogens with zero attached hydrogens (tertiary/aromatic N) is 4. The predicted octanol–water partition coefficient (Wildman–Crippen LogP) is 3.73. The van der Waals surface area contributed by atoms with E-state index >= 15 is 0 Å². The molecule has 2 heterocycles. The number of carbonyl (C=O) groups is 1. The zero-order valence-electron chi connectivity index (χ0n) is 21.7. The first-order valence-corrected chi connectivity index (χ1v) is 12.8. The fourth-order valence-electron chi connectivity index (χ4n) is 4.97. The van der Waals surface area contributed by atoms with Crippen LogP contribution < -0.4 is 20.6 Å². The first kappa shape index (κ1) is 29.3. The van der Waals surface area contributed by atoms with Gasteiger partial charge in [0.15, 0.2) is 0 Å². The second-order valence-electron chi connectivity index (χ2n) is 9.94. The molecule has 1 aliphatic heterocycles. The van der Waals surface area contributed by atoms with Gasteiger partial charge in [0.05, 0.1) is 30.1 Å².